The molecule has 1 atom stereocenters. The van der Waals surface area contributed by atoms with Crippen LogP contribution in [0.15, 0.2) is 18.2 Å². The summed E-state index contributed by atoms with van der Waals surface area (Å²) in [5, 5.41) is 0. The number of primary amides is 1. The number of amides is 1. The van der Waals surface area contributed by atoms with Crippen LogP contribution in [0.1, 0.15) is 48.8 Å². The van der Waals surface area contributed by atoms with E-state index in [9.17, 15) is 4.79 Å². The number of fused-ring (bicyclic) bond motifs is 1. The van der Waals surface area contributed by atoms with E-state index in [1.165, 1.54) is 42.4 Å². The van der Waals surface area contributed by atoms with Crippen LogP contribution in [0.2, 0.25) is 0 Å². The molecule has 2 rings (SSSR count). The molecule has 1 aliphatic carbocycles. The van der Waals surface area contributed by atoms with E-state index in [0.717, 1.165) is 0 Å². The maximum absolute atomic E-state index is 10.9. The van der Waals surface area contributed by atoms with Gasteiger partial charge in [-0.2, -0.15) is 0 Å². The van der Waals surface area contributed by atoms with E-state index in [1.54, 1.807) is 0 Å². The summed E-state index contributed by atoms with van der Waals surface area (Å²) < 4.78 is 0. The van der Waals surface area contributed by atoms with Gasteiger partial charge in [0.15, 0.2) is 0 Å². The summed E-state index contributed by atoms with van der Waals surface area (Å²) >= 11 is 0. The Morgan fingerprint density at radius 2 is 2.00 bits per heavy atom. The van der Waals surface area contributed by atoms with Gasteiger partial charge in [-0.25, -0.2) is 0 Å². The number of benzene rings is 1. The number of hydrogen-bond donors (Lipinski definition) is 1. The first-order valence-electron chi connectivity index (χ1n) is 6.07. The quantitative estimate of drug-likeness (QED) is 0.830. The zero-order valence-electron chi connectivity index (χ0n) is 9.83. The molecular formula is C14H19NO. The molecule has 1 aromatic rings. The predicted octanol–water partition coefficient (Wildman–Crippen LogP) is 2.54. The van der Waals surface area contributed by atoms with Gasteiger partial charge in [-0.15, -0.1) is 0 Å². The van der Waals surface area contributed by atoms with Crippen LogP contribution < -0.4 is 5.73 Å². The van der Waals surface area contributed by atoms with Crippen LogP contribution in [-0.2, 0) is 17.6 Å². The molecule has 2 heteroatoms. The Bertz CT molecular complexity index is 398. The highest BCUT2D eigenvalue weighted by atomic mass is 16.1. The van der Waals surface area contributed by atoms with Gasteiger partial charge < -0.3 is 5.73 Å². The average Bonchev–Trinajstić information content (AvgIpc) is 2.27. The van der Waals surface area contributed by atoms with Crippen LogP contribution in [-0.4, -0.2) is 5.91 Å². The normalized spacial score (nSPS) is 16.6. The Morgan fingerprint density at radius 1 is 1.31 bits per heavy atom. The lowest BCUT2D eigenvalue weighted by Crippen LogP contribution is -2.14. The zero-order valence-corrected chi connectivity index (χ0v) is 9.83. The molecule has 0 bridgehead atoms. The maximum Gasteiger partial charge on any atom is 0.218 e. The van der Waals surface area contributed by atoms with E-state index >= 15 is 0 Å². The number of hydrogen-bond acceptors (Lipinski definition) is 1. The van der Waals surface area contributed by atoms with Crippen molar-refractivity contribution in [2.45, 2.75) is 44.9 Å². The van der Waals surface area contributed by atoms with Gasteiger partial charge in [-0.3, -0.25) is 4.79 Å². The summed E-state index contributed by atoms with van der Waals surface area (Å²) in [6.45, 7) is 2.06. The van der Waals surface area contributed by atoms with E-state index in [1.807, 2.05) is 0 Å². The summed E-state index contributed by atoms with van der Waals surface area (Å²) in [7, 11) is 0. The minimum absolute atomic E-state index is 0.217. The molecule has 2 N–H and O–H groups in total. The lowest BCUT2D eigenvalue weighted by atomic mass is 9.87. The molecular weight excluding hydrogens is 198 g/mol. The highest BCUT2D eigenvalue weighted by molar-refractivity contribution is 5.74. The molecule has 16 heavy (non-hydrogen) atoms. The zero-order chi connectivity index (χ0) is 11.5. The maximum atomic E-state index is 10.9. The molecule has 0 saturated carbocycles. The fourth-order valence-corrected chi connectivity index (χ4v) is 2.48. The van der Waals surface area contributed by atoms with Gasteiger partial charge >= 0.3 is 0 Å². The van der Waals surface area contributed by atoms with Crippen molar-refractivity contribution in [3.63, 3.8) is 0 Å². The molecule has 0 fully saturated rings. The second-order valence-corrected chi connectivity index (χ2v) is 4.81. The Kier molecular flexibility index (Phi) is 3.28. The average molecular weight is 217 g/mol. The van der Waals surface area contributed by atoms with Gasteiger partial charge in [0.1, 0.15) is 0 Å². The second kappa shape index (κ2) is 4.69. The van der Waals surface area contributed by atoms with Crippen molar-refractivity contribution in [3.8, 4) is 0 Å². The first-order valence-corrected chi connectivity index (χ1v) is 6.07. The molecule has 0 aromatic heterocycles. The fourth-order valence-electron chi connectivity index (χ4n) is 2.48. The molecule has 1 amide bonds. The van der Waals surface area contributed by atoms with Gasteiger partial charge in [0, 0.05) is 6.42 Å². The standard InChI is InChI=1S/C14H19NO/c1-10(8-14(15)16)12-7-6-11-4-2-3-5-13(11)9-12/h6-7,9-10H,2-5,8H2,1H3,(H2,15,16). The Balaban J connectivity index is 2.19. The van der Waals surface area contributed by atoms with Gasteiger partial charge in [0.2, 0.25) is 5.91 Å². The number of nitrogens with two attached hydrogens (primary N) is 1. The minimum atomic E-state index is -0.217. The van der Waals surface area contributed by atoms with Gasteiger partial charge in [0.05, 0.1) is 0 Å². The molecule has 1 unspecified atom stereocenters. The van der Waals surface area contributed by atoms with Crippen molar-refractivity contribution in [3.05, 3.63) is 34.9 Å². The third kappa shape index (κ3) is 2.43. The third-order valence-corrected chi connectivity index (χ3v) is 3.45. The summed E-state index contributed by atoms with van der Waals surface area (Å²) in [6.07, 6.45) is 5.44. The second-order valence-electron chi connectivity index (χ2n) is 4.81. The van der Waals surface area contributed by atoms with Gasteiger partial charge in [-0.05, 0) is 48.3 Å². The highest BCUT2D eigenvalue weighted by Crippen LogP contribution is 2.26. The molecule has 0 spiro atoms. The van der Waals surface area contributed by atoms with Gasteiger partial charge in [0.25, 0.3) is 0 Å². The van der Waals surface area contributed by atoms with E-state index in [-0.39, 0.29) is 11.8 Å². The first-order chi connectivity index (χ1) is 7.66. The third-order valence-electron chi connectivity index (χ3n) is 3.45. The van der Waals surface area contributed by atoms with Crippen molar-refractivity contribution in [2.24, 2.45) is 5.73 Å². The summed E-state index contributed by atoms with van der Waals surface area (Å²) in [5.74, 6) is 0.0231. The first kappa shape index (κ1) is 11.2. The molecule has 0 aliphatic heterocycles. The Labute approximate surface area is 96.8 Å². The van der Waals surface area contributed by atoms with E-state index in [0.29, 0.717) is 6.42 Å². The number of carbonyl (C=O) groups excluding carboxylic acids is 1. The summed E-state index contributed by atoms with van der Waals surface area (Å²) in [4.78, 5) is 10.9. The number of carbonyl (C=O) groups is 1. The largest absolute Gasteiger partial charge is 0.370 e. The van der Waals surface area contributed by atoms with Crippen molar-refractivity contribution < 1.29 is 4.79 Å². The Hall–Kier alpha value is -1.31. The molecule has 86 valence electrons. The van der Waals surface area contributed by atoms with Crippen molar-refractivity contribution in [2.75, 3.05) is 0 Å². The van der Waals surface area contributed by atoms with Crippen LogP contribution in [0.4, 0.5) is 0 Å². The topological polar surface area (TPSA) is 43.1 Å². The highest BCUT2D eigenvalue weighted by Gasteiger charge is 2.13. The molecule has 0 radical (unpaired) electrons. The van der Waals surface area contributed by atoms with Crippen LogP contribution in [0, 0.1) is 0 Å². The minimum Gasteiger partial charge on any atom is -0.370 e. The van der Waals surface area contributed by atoms with Crippen molar-refractivity contribution in [1.29, 1.82) is 0 Å². The summed E-state index contributed by atoms with van der Waals surface area (Å²) in [6, 6.07) is 6.64. The van der Waals surface area contributed by atoms with Crippen molar-refractivity contribution >= 4 is 5.91 Å². The van der Waals surface area contributed by atoms with E-state index in [2.05, 4.69) is 25.1 Å². The molecule has 0 saturated heterocycles. The van der Waals surface area contributed by atoms with E-state index < -0.39 is 0 Å². The molecule has 1 aliphatic rings. The van der Waals surface area contributed by atoms with E-state index in [4.69, 9.17) is 5.73 Å². The molecule has 1 aromatic carbocycles. The lowest BCUT2D eigenvalue weighted by Gasteiger charge is -2.18. The lowest BCUT2D eigenvalue weighted by molar-refractivity contribution is -0.118. The summed E-state index contributed by atoms with van der Waals surface area (Å²) in [5.41, 5.74) is 9.44. The van der Waals surface area contributed by atoms with Crippen LogP contribution in [0.3, 0.4) is 0 Å². The number of aryl methyl sites for hydroxylation is 2. The van der Waals surface area contributed by atoms with Crippen molar-refractivity contribution in [1.82, 2.24) is 0 Å². The molecule has 0 heterocycles. The van der Waals surface area contributed by atoms with Crippen LogP contribution in [0.5, 0.6) is 0 Å². The van der Waals surface area contributed by atoms with Crippen LogP contribution in [0.25, 0.3) is 0 Å². The number of rotatable bonds is 3. The fraction of sp³-hybridized carbons (Fsp3) is 0.500. The Morgan fingerprint density at radius 3 is 2.69 bits per heavy atom. The predicted molar refractivity (Wildman–Crippen MR) is 65.3 cm³/mol. The smallest absolute Gasteiger partial charge is 0.218 e. The van der Waals surface area contributed by atoms with Gasteiger partial charge in [-0.1, -0.05) is 25.1 Å². The van der Waals surface area contributed by atoms with Crippen LogP contribution >= 0.6 is 0 Å². The monoisotopic (exact) mass is 217 g/mol. The molecule has 2 nitrogen and oxygen atoms in total. The SMILES string of the molecule is CC(CC(N)=O)c1ccc2c(c1)CCCC2.